The van der Waals surface area contributed by atoms with Gasteiger partial charge < -0.3 is 10.2 Å². The summed E-state index contributed by atoms with van der Waals surface area (Å²) < 4.78 is 0. The first-order valence-corrected chi connectivity index (χ1v) is 10.1. The first kappa shape index (κ1) is 20.0. The molecule has 0 heterocycles. The number of benzene rings is 3. The second-order valence-electron chi connectivity index (χ2n) is 6.29. The van der Waals surface area contributed by atoms with Crippen molar-refractivity contribution < 1.29 is 19.8 Å². The molecule has 4 nitrogen and oxygen atoms in total. The number of aryl methyl sites for hydroxylation is 2. The lowest BCUT2D eigenvalue weighted by molar-refractivity contribution is 0.0675. The first-order valence-electron chi connectivity index (χ1n) is 8.47. The van der Waals surface area contributed by atoms with Gasteiger partial charge in [0.15, 0.2) is 0 Å². The third-order valence-electron chi connectivity index (χ3n) is 4.04. The van der Waals surface area contributed by atoms with Gasteiger partial charge in [0.1, 0.15) is 0 Å². The van der Waals surface area contributed by atoms with Gasteiger partial charge in [-0.15, -0.1) is 0 Å². The molecule has 0 spiro atoms. The lowest BCUT2D eigenvalue weighted by atomic mass is 10.1. The number of aromatic carboxylic acids is 2. The quantitative estimate of drug-likeness (QED) is 0.519. The van der Waals surface area contributed by atoms with Crippen molar-refractivity contribution in [3.63, 3.8) is 0 Å². The Hall–Kier alpha value is -2.70. The molecular formula is C22H18O4S2. The summed E-state index contributed by atoms with van der Waals surface area (Å²) in [7, 11) is 0. The molecule has 3 aromatic rings. The molecule has 0 amide bonds. The number of carbonyl (C=O) groups is 2. The van der Waals surface area contributed by atoms with Gasteiger partial charge in [-0.25, -0.2) is 9.59 Å². The van der Waals surface area contributed by atoms with Crippen LogP contribution in [0.15, 0.2) is 80.2 Å². The van der Waals surface area contributed by atoms with Gasteiger partial charge in [-0.2, -0.15) is 0 Å². The molecule has 142 valence electrons. The average molecular weight is 411 g/mol. The molecule has 0 aliphatic rings. The van der Waals surface area contributed by atoms with Crippen LogP contribution < -0.4 is 0 Å². The summed E-state index contributed by atoms with van der Waals surface area (Å²) in [5.74, 6) is -2.17. The molecule has 0 radical (unpaired) electrons. The van der Waals surface area contributed by atoms with E-state index in [9.17, 15) is 19.8 Å². The second kappa shape index (κ2) is 8.54. The van der Waals surface area contributed by atoms with Gasteiger partial charge >= 0.3 is 11.9 Å². The van der Waals surface area contributed by atoms with E-state index in [1.165, 1.54) is 35.7 Å². The van der Waals surface area contributed by atoms with E-state index in [0.29, 0.717) is 9.79 Å². The largest absolute Gasteiger partial charge is 0.478 e. The molecule has 0 aromatic heterocycles. The maximum Gasteiger partial charge on any atom is 0.336 e. The van der Waals surface area contributed by atoms with E-state index in [0.717, 1.165) is 20.9 Å². The molecule has 6 heteroatoms. The van der Waals surface area contributed by atoms with Crippen molar-refractivity contribution in [2.24, 2.45) is 0 Å². The van der Waals surface area contributed by atoms with Crippen LogP contribution in [0.1, 0.15) is 31.8 Å². The summed E-state index contributed by atoms with van der Waals surface area (Å²) in [5.41, 5.74) is 2.37. The number of hydrogen-bond donors (Lipinski definition) is 2. The van der Waals surface area contributed by atoms with Crippen LogP contribution in [0.25, 0.3) is 0 Å². The highest BCUT2D eigenvalue weighted by Gasteiger charge is 2.20. The standard InChI is InChI=1S/C22H18O4S2/c1-13-3-7-15(8-4-13)27-19-11-18(22(25)26)20(12-17(19)21(23)24)28-16-9-5-14(2)6-10-16/h3-12H,1-2H3,(H,23,24)(H,25,26). The van der Waals surface area contributed by atoms with Crippen molar-refractivity contribution in [2.75, 3.05) is 0 Å². The Bertz CT molecular complexity index is 940. The molecular weight excluding hydrogens is 392 g/mol. The third kappa shape index (κ3) is 4.77. The van der Waals surface area contributed by atoms with Gasteiger partial charge in [0.05, 0.1) is 11.1 Å². The van der Waals surface area contributed by atoms with Crippen molar-refractivity contribution >= 4 is 35.5 Å². The molecule has 0 unspecified atom stereocenters. The third-order valence-corrected chi connectivity index (χ3v) is 6.17. The maximum absolute atomic E-state index is 11.8. The molecule has 0 bridgehead atoms. The number of carboxylic acid groups (broad SMARTS) is 2. The molecule has 0 saturated carbocycles. The zero-order valence-corrected chi connectivity index (χ0v) is 16.9. The topological polar surface area (TPSA) is 74.6 Å². The van der Waals surface area contributed by atoms with Crippen molar-refractivity contribution in [1.82, 2.24) is 0 Å². The van der Waals surface area contributed by atoms with Crippen LogP contribution in [0.2, 0.25) is 0 Å². The average Bonchev–Trinajstić information content (AvgIpc) is 2.66. The number of rotatable bonds is 6. The van der Waals surface area contributed by atoms with Crippen LogP contribution in [-0.2, 0) is 0 Å². The maximum atomic E-state index is 11.8. The minimum atomic E-state index is -1.09. The fourth-order valence-electron chi connectivity index (χ4n) is 2.53. The molecule has 0 saturated heterocycles. The monoisotopic (exact) mass is 410 g/mol. The van der Waals surface area contributed by atoms with E-state index in [1.807, 2.05) is 62.4 Å². The summed E-state index contributed by atoms with van der Waals surface area (Å²) in [6, 6.07) is 18.2. The molecule has 3 rings (SSSR count). The van der Waals surface area contributed by atoms with E-state index in [2.05, 4.69) is 0 Å². The molecule has 2 N–H and O–H groups in total. The highest BCUT2D eigenvalue weighted by atomic mass is 32.2. The fraction of sp³-hybridized carbons (Fsp3) is 0.0909. The van der Waals surface area contributed by atoms with Gasteiger partial charge in [0.2, 0.25) is 0 Å². The molecule has 28 heavy (non-hydrogen) atoms. The Balaban J connectivity index is 2.04. The highest BCUT2D eigenvalue weighted by molar-refractivity contribution is 8.00. The minimum absolute atomic E-state index is 0.0881. The lowest BCUT2D eigenvalue weighted by Crippen LogP contribution is -2.05. The number of carboxylic acids is 2. The molecule has 0 aliphatic carbocycles. The zero-order valence-electron chi connectivity index (χ0n) is 15.3. The van der Waals surface area contributed by atoms with Gasteiger partial charge in [-0.3, -0.25) is 0 Å². The predicted molar refractivity (Wildman–Crippen MR) is 111 cm³/mol. The number of hydrogen-bond acceptors (Lipinski definition) is 4. The Labute approximate surface area is 171 Å². The SMILES string of the molecule is Cc1ccc(Sc2cc(C(=O)O)c(Sc3ccc(C)cc3)cc2C(=O)O)cc1. The van der Waals surface area contributed by atoms with Gasteiger partial charge in [-0.05, 0) is 50.2 Å². The van der Waals surface area contributed by atoms with Crippen LogP contribution in [0.5, 0.6) is 0 Å². The van der Waals surface area contributed by atoms with E-state index in [1.54, 1.807) is 0 Å². The minimum Gasteiger partial charge on any atom is -0.478 e. The Morgan fingerprint density at radius 3 is 1.25 bits per heavy atom. The smallest absolute Gasteiger partial charge is 0.336 e. The summed E-state index contributed by atoms with van der Waals surface area (Å²) >= 11 is 2.49. The lowest BCUT2D eigenvalue weighted by Gasteiger charge is -2.12. The van der Waals surface area contributed by atoms with Crippen molar-refractivity contribution in [3.8, 4) is 0 Å². The van der Waals surface area contributed by atoms with Crippen molar-refractivity contribution in [3.05, 3.63) is 82.9 Å². The summed E-state index contributed by atoms with van der Waals surface area (Å²) in [5, 5.41) is 19.3. The second-order valence-corrected chi connectivity index (χ2v) is 8.52. The van der Waals surface area contributed by atoms with E-state index in [4.69, 9.17) is 0 Å². The summed E-state index contributed by atoms with van der Waals surface area (Å²) in [6.45, 7) is 3.94. The molecule has 0 atom stereocenters. The normalized spacial score (nSPS) is 10.6. The van der Waals surface area contributed by atoms with Crippen LogP contribution in [0.4, 0.5) is 0 Å². The molecule has 3 aromatic carbocycles. The summed E-state index contributed by atoms with van der Waals surface area (Å²) in [6.07, 6.45) is 0. The van der Waals surface area contributed by atoms with Crippen molar-refractivity contribution in [2.45, 2.75) is 33.4 Å². The van der Waals surface area contributed by atoms with Gasteiger partial charge in [0.25, 0.3) is 0 Å². The first-order chi connectivity index (χ1) is 13.3. The fourth-order valence-corrected chi connectivity index (χ4v) is 4.45. The van der Waals surface area contributed by atoms with Crippen molar-refractivity contribution in [1.29, 1.82) is 0 Å². The summed E-state index contributed by atoms with van der Waals surface area (Å²) in [4.78, 5) is 26.2. The van der Waals surface area contributed by atoms with Crippen LogP contribution in [0, 0.1) is 13.8 Å². The Morgan fingerprint density at radius 1 is 0.643 bits per heavy atom. The Kier molecular flexibility index (Phi) is 6.11. The van der Waals surface area contributed by atoms with E-state index >= 15 is 0 Å². The Morgan fingerprint density at radius 2 is 0.964 bits per heavy atom. The zero-order chi connectivity index (χ0) is 20.3. The van der Waals surface area contributed by atoms with E-state index < -0.39 is 11.9 Å². The predicted octanol–water partition coefficient (Wildman–Crippen LogP) is 6.00. The highest BCUT2D eigenvalue weighted by Crippen LogP contribution is 2.38. The van der Waals surface area contributed by atoms with Gasteiger partial charge in [0, 0.05) is 19.6 Å². The van der Waals surface area contributed by atoms with Crippen LogP contribution in [0.3, 0.4) is 0 Å². The van der Waals surface area contributed by atoms with Crippen LogP contribution >= 0.6 is 23.5 Å². The van der Waals surface area contributed by atoms with Gasteiger partial charge in [-0.1, -0.05) is 58.9 Å². The van der Waals surface area contributed by atoms with Crippen LogP contribution in [-0.4, -0.2) is 22.2 Å². The molecule has 0 fully saturated rings. The van der Waals surface area contributed by atoms with E-state index in [-0.39, 0.29) is 11.1 Å². The molecule has 0 aliphatic heterocycles.